The number of benzene rings is 1. The number of hydrogen-bond donors (Lipinski definition) is 2. The van der Waals surface area contributed by atoms with Gasteiger partial charge in [-0.15, -0.1) is 13.2 Å². The monoisotopic (exact) mass is 315 g/mol. The molecule has 2 aromatic rings. The van der Waals surface area contributed by atoms with E-state index in [-0.39, 0.29) is 11.4 Å². The first-order chi connectivity index (χ1) is 10.2. The van der Waals surface area contributed by atoms with Gasteiger partial charge in [-0.1, -0.05) is 11.2 Å². The molecule has 0 spiro atoms. The number of nitrogens with two attached hydrogens (primary N) is 1. The lowest BCUT2D eigenvalue weighted by atomic mass is 10.2. The van der Waals surface area contributed by atoms with Crippen LogP contribution in [-0.2, 0) is 0 Å². The van der Waals surface area contributed by atoms with E-state index in [0.717, 1.165) is 12.1 Å². The zero-order chi connectivity index (χ0) is 16.3. The van der Waals surface area contributed by atoms with Gasteiger partial charge >= 0.3 is 6.36 Å². The van der Waals surface area contributed by atoms with E-state index >= 15 is 0 Å². The number of nitrogens with one attached hydrogen (secondary N) is 1. The summed E-state index contributed by atoms with van der Waals surface area (Å²) in [4.78, 5) is 11.9. The lowest BCUT2D eigenvalue weighted by Gasteiger charge is -2.10. The number of anilines is 1. The van der Waals surface area contributed by atoms with E-state index in [1.807, 2.05) is 0 Å². The molecular weight excluding hydrogens is 303 g/mol. The highest BCUT2D eigenvalue weighted by Crippen LogP contribution is 2.25. The Hall–Kier alpha value is -2.55. The van der Waals surface area contributed by atoms with Crippen molar-refractivity contribution in [2.75, 3.05) is 5.32 Å². The molecule has 6 nitrogen and oxygen atoms in total. The van der Waals surface area contributed by atoms with Gasteiger partial charge in [0.1, 0.15) is 11.4 Å². The van der Waals surface area contributed by atoms with Gasteiger partial charge in [0.25, 0.3) is 5.91 Å². The van der Waals surface area contributed by atoms with Gasteiger partial charge in [0.15, 0.2) is 0 Å². The quantitative estimate of drug-likeness (QED) is 0.905. The van der Waals surface area contributed by atoms with Gasteiger partial charge in [-0.2, -0.15) is 0 Å². The van der Waals surface area contributed by atoms with Crippen LogP contribution in [0.15, 0.2) is 34.9 Å². The molecule has 9 heteroatoms. The summed E-state index contributed by atoms with van der Waals surface area (Å²) in [6.07, 6.45) is -4.81. The van der Waals surface area contributed by atoms with Crippen LogP contribution in [0, 0.1) is 0 Å². The van der Waals surface area contributed by atoms with Crippen LogP contribution in [0.4, 0.5) is 18.9 Å². The fourth-order valence-electron chi connectivity index (χ4n) is 1.57. The van der Waals surface area contributed by atoms with Crippen molar-refractivity contribution in [1.29, 1.82) is 0 Å². The molecule has 1 aromatic heterocycles. The van der Waals surface area contributed by atoms with Crippen molar-refractivity contribution in [2.45, 2.75) is 19.3 Å². The second-order valence-corrected chi connectivity index (χ2v) is 4.43. The molecule has 2 rings (SSSR count). The average Bonchev–Trinajstić information content (AvgIpc) is 2.86. The number of amides is 1. The molecule has 1 amide bonds. The Morgan fingerprint density at radius 1 is 1.41 bits per heavy atom. The number of rotatable bonds is 4. The summed E-state index contributed by atoms with van der Waals surface area (Å²) in [6.45, 7) is 1.66. The molecule has 22 heavy (non-hydrogen) atoms. The molecule has 118 valence electrons. The molecule has 1 unspecified atom stereocenters. The number of carbonyl (C=O) groups is 1. The SMILES string of the molecule is CC(N)c1cc(C(=O)Nc2cccc(OC(F)(F)F)c2)on1. The third kappa shape index (κ3) is 4.22. The third-order valence-corrected chi connectivity index (χ3v) is 2.54. The third-order valence-electron chi connectivity index (χ3n) is 2.54. The van der Waals surface area contributed by atoms with Gasteiger partial charge in [-0.3, -0.25) is 4.79 Å². The maximum absolute atomic E-state index is 12.1. The Kier molecular flexibility index (Phi) is 4.36. The van der Waals surface area contributed by atoms with Crippen LogP contribution in [0.25, 0.3) is 0 Å². The van der Waals surface area contributed by atoms with Crippen LogP contribution in [-0.4, -0.2) is 17.4 Å². The van der Waals surface area contributed by atoms with E-state index in [0.29, 0.717) is 5.69 Å². The van der Waals surface area contributed by atoms with E-state index in [2.05, 4.69) is 15.2 Å². The number of hydrogen-bond acceptors (Lipinski definition) is 5. The van der Waals surface area contributed by atoms with Crippen LogP contribution in [0.3, 0.4) is 0 Å². The second-order valence-electron chi connectivity index (χ2n) is 4.43. The fourth-order valence-corrected chi connectivity index (χ4v) is 1.57. The lowest BCUT2D eigenvalue weighted by Crippen LogP contribution is -2.17. The summed E-state index contributed by atoms with van der Waals surface area (Å²) in [5.41, 5.74) is 6.09. The Balaban J connectivity index is 2.09. The number of halogens is 3. The van der Waals surface area contributed by atoms with E-state index < -0.39 is 24.1 Å². The summed E-state index contributed by atoms with van der Waals surface area (Å²) in [6, 6.07) is 5.82. The number of aromatic nitrogens is 1. The first-order valence-electron chi connectivity index (χ1n) is 6.14. The van der Waals surface area contributed by atoms with Gasteiger partial charge in [0, 0.05) is 23.9 Å². The van der Waals surface area contributed by atoms with Crippen molar-refractivity contribution < 1.29 is 27.2 Å². The minimum absolute atomic E-state index is 0.102. The Morgan fingerprint density at radius 3 is 2.73 bits per heavy atom. The Labute approximate surface area is 123 Å². The van der Waals surface area contributed by atoms with Crippen molar-refractivity contribution in [3.63, 3.8) is 0 Å². The minimum atomic E-state index is -4.81. The molecule has 0 fully saturated rings. The van der Waals surface area contributed by atoms with Gasteiger partial charge in [0.05, 0.1) is 0 Å². The smallest absolute Gasteiger partial charge is 0.406 e. The van der Waals surface area contributed by atoms with Crippen LogP contribution >= 0.6 is 0 Å². The topological polar surface area (TPSA) is 90.4 Å². The summed E-state index contributed by atoms with van der Waals surface area (Å²) in [5.74, 6) is -1.21. The molecule has 0 saturated heterocycles. The van der Waals surface area contributed by atoms with Crippen molar-refractivity contribution in [2.24, 2.45) is 5.73 Å². The van der Waals surface area contributed by atoms with Crippen LogP contribution in [0.2, 0.25) is 0 Å². The van der Waals surface area contributed by atoms with E-state index in [9.17, 15) is 18.0 Å². The Morgan fingerprint density at radius 2 is 2.14 bits per heavy atom. The van der Waals surface area contributed by atoms with Crippen LogP contribution in [0.1, 0.15) is 29.2 Å². The van der Waals surface area contributed by atoms with Crippen molar-refractivity contribution in [1.82, 2.24) is 5.16 Å². The maximum Gasteiger partial charge on any atom is 0.573 e. The molecule has 1 heterocycles. The number of carbonyl (C=O) groups excluding carboxylic acids is 1. The summed E-state index contributed by atoms with van der Waals surface area (Å²) in [7, 11) is 0. The van der Waals surface area contributed by atoms with E-state index in [1.165, 1.54) is 18.2 Å². The fraction of sp³-hybridized carbons (Fsp3) is 0.231. The zero-order valence-corrected chi connectivity index (χ0v) is 11.3. The summed E-state index contributed by atoms with van der Waals surface area (Å²) in [5, 5.41) is 5.99. The number of nitrogens with zero attached hydrogens (tertiary/aromatic N) is 1. The molecule has 0 aliphatic heterocycles. The van der Waals surface area contributed by atoms with Gasteiger partial charge in [-0.05, 0) is 19.1 Å². The molecule has 0 saturated carbocycles. The molecule has 0 aliphatic rings. The molecule has 0 bridgehead atoms. The van der Waals surface area contributed by atoms with Crippen molar-refractivity contribution >= 4 is 11.6 Å². The number of alkyl halides is 3. The molecule has 0 radical (unpaired) electrons. The molecule has 0 aliphatic carbocycles. The first-order valence-corrected chi connectivity index (χ1v) is 6.14. The van der Waals surface area contributed by atoms with Gasteiger partial charge < -0.3 is 20.3 Å². The average molecular weight is 315 g/mol. The molecule has 3 N–H and O–H groups in total. The van der Waals surface area contributed by atoms with Gasteiger partial charge in [0.2, 0.25) is 5.76 Å². The molecule has 1 aromatic carbocycles. The Bertz CT molecular complexity index is 668. The normalized spacial score (nSPS) is 12.8. The highest BCUT2D eigenvalue weighted by Gasteiger charge is 2.31. The highest BCUT2D eigenvalue weighted by atomic mass is 19.4. The maximum atomic E-state index is 12.1. The lowest BCUT2D eigenvalue weighted by molar-refractivity contribution is -0.274. The standard InChI is InChI=1S/C13H12F3N3O3/c1-7(17)10-6-11(22-19-10)12(20)18-8-3-2-4-9(5-8)21-13(14,15)16/h2-7H,17H2,1H3,(H,18,20). The number of ether oxygens (including phenoxy) is 1. The summed E-state index contributed by atoms with van der Waals surface area (Å²) >= 11 is 0. The highest BCUT2D eigenvalue weighted by molar-refractivity contribution is 6.02. The van der Waals surface area contributed by atoms with Crippen molar-refractivity contribution in [3.8, 4) is 5.75 Å². The van der Waals surface area contributed by atoms with Crippen LogP contribution < -0.4 is 15.8 Å². The predicted octanol–water partition coefficient (Wildman–Crippen LogP) is 2.85. The molecular formula is C13H12F3N3O3. The summed E-state index contributed by atoms with van der Waals surface area (Å²) < 4.78 is 45.0. The van der Waals surface area contributed by atoms with E-state index in [1.54, 1.807) is 6.92 Å². The first kappa shape index (κ1) is 15.8. The predicted molar refractivity (Wildman–Crippen MR) is 70.2 cm³/mol. The largest absolute Gasteiger partial charge is 0.573 e. The van der Waals surface area contributed by atoms with Crippen LogP contribution in [0.5, 0.6) is 5.75 Å². The van der Waals surface area contributed by atoms with E-state index in [4.69, 9.17) is 10.3 Å². The van der Waals surface area contributed by atoms with Gasteiger partial charge in [-0.25, -0.2) is 0 Å². The minimum Gasteiger partial charge on any atom is -0.406 e. The molecule has 1 atom stereocenters. The zero-order valence-electron chi connectivity index (χ0n) is 11.3. The second kappa shape index (κ2) is 6.06. The van der Waals surface area contributed by atoms with Crippen molar-refractivity contribution in [3.05, 3.63) is 41.8 Å².